The molecule has 0 saturated carbocycles. The maximum atomic E-state index is 14.8. The average molecular weight is 375 g/mol. The second kappa shape index (κ2) is 7.17. The van der Waals surface area contributed by atoms with Crippen LogP contribution in [-0.4, -0.2) is 24.5 Å². The van der Waals surface area contributed by atoms with E-state index in [1.807, 2.05) is 6.07 Å². The summed E-state index contributed by atoms with van der Waals surface area (Å²) in [5, 5.41) is 4.52. The molecule has 3 aromatic rings. The Balaban J connectivity index is 1.95. The van der Waals surface area contributed by atoms with Gasteiger partial charge in [0.05, 0.1) is 0 Å². The summed E-state index contributed by atoms with van der Waals surface area (Å²) in [7, 11) is -1.22. The van der Waals surface area contributed by atoms with E-state index in [1.54, 1.807) is 30.3 Å². The lowest BCUT2D eigenvalue weighted by molar-refractivity contribution is 0.0815. The standard InChI is InChI=1S/C19H23F2N3OSi/c1-26(2,3)10-9-25-12-24-18-15(19(22)23-24)11-14(16(20)17(18)21)13-7-5-4-6-8-13/h4-8,11H,9-10,12H2,1-3H3,(H2,22,23). The van der Waals surface area contributed by atoms with Gasteiger partial charge in [0, 0.05) is 25.6 Å². The van der Waals surface area contributed by atoms with Crippen LogP contribution in [-0.2, 0) is 11.5 Å². The lowest BCUT2D eigenvalue weighted by atomic mass is 10.0. The molecule has 0 fully saturated rings. The summed E-state index contributed by atoms with van der Waals surface area (Å²) in [5.74, 6) is -1.71. The molecule has 3 rings (SSSR count). The molecular formula is C19H23F2N3OSi. The molecule has 0 aliphatic rings. The molecule has 4 nitrogen and oxygen atoms in total. The fourth-order valence-electron chi connectivity index (χ4n) is 2.75. The molecule has 1 heterocycles. The van der Waals surface area contributed by atoms with Crippen LogP contribution in [0.3, 0.4) is 0 Å². The highest BCUT2D eigenvalue weighted by molar-refractivity contribution is 6.76. The Morgan fingerprint density at radius 1 is 1.12 bits per heavy atom. The number of nitrogens with zero attached hydrogens (tertiary/aromatic N) is 2. The molecule has 0 radical (unpaired) electrons. The van der Waals surface area contributed by atoms with Crippen molar-refractivity contribution in [1.82, 2.24) is 9.78 Å². The Labute approximate surface area is 152 Å². The first-order valence-electron chi connectivity index (χ1n) is 8.55. The van der Waals surface area contributed by atoms with Gasteiger partial charge in [-0.2, -0.15) is 5.10 Å². The van der Waals surface area contributed by atoms with Gasteiger partial charge in [-0.25, -0.2) is 13.5 Å². The van der Waals surface area contributed by atoms with Gasteiger partial charge in [0.25, 0.3) is 0 Å². The Bertz CT molecular complexity index is 920. The maximum Gasteiger partial charge on any atom is 0.185 e. The molecule has 138 valence electrons. The number of halogens is 2. The minimum absolute atomic E-state index is 0.0349. The fourth-order valence-corrected chi connectivity index (χ4v) is 3.51. The third-order valence-corrected chi connectivity index (χ3v) is 5.94. The van der Waals surface area contributed by atoms with Crippen LogP contribution < -0.4 is 5.73 Å². The number of ether oxygens (including phenoxy) is 1. The van der Waals surface area contributed by atoms with E-state index in [0.29, 0.717) is 17.6 Å². The van der Waals surface area contributed by atoms with Crippen LogP contribution in [0.1, 0.15) is 0 Å². The highest BCUT2D eigenvalue weighted by atomic mass is 28.3. The predicted molar refractivity (Wildman–Crippen MR) is 104 cm³/mol. The molecule has 0 spiro atoms. The van der Waals surface area contributed by atoms with Crippen LogP contribution in [0.5, 0.6) is 0 Å². The van der Waals surface area contributed by atoms with Crippen molar-refractivity contribution >= 4 is 24.8 Å². The van der Waals surface area contributed by atoms with Gasteiger partial charge in [0.1, 0.15) is 12.2 Å². The summed E-state index contributed by atoms with van der Waals surface area (Å²) in [5.41, 5.74) is 6.74. The largest absolute Gasteiger partial charge is 0.382 e. The number of hydrogen-bond acceptors (Lipinski definition) is 3. The van der Waals surface area contributed by atoms with Crippen molar-refractivity contribution < 1.29 is 13.5 Å². The SMILES string of the molecule is C[Si](C)(C)CCOCn1nc(N)c2cc(-c3ccccc3)c(F)c(F)c21. The van der Waals surface area contributed by atoms with E-state index in [4.69, 9.17) is 10.5 Å². The number of fused-ring (bicyclic) bond motifs is 1. The Hall–Kier alpha value is -2.25. The van der Waals surface area contributed by atoms with Crippen molar-refractivity contribution in [1.29, 1.82) is 0 Å². The molecule has 26 heavy (non-hydrogen) atoms. The first-order chi connectivity index (χ1) is 12.3. The summed E-state index contributed by atoms with van der Waals surface area (Å²) in [6, 6.07) is 11.3. The number of anilines is 1. The van der Waals surface area contributed by atoms with Gasteiger partial charge in [-0.15, -0.1) is 0 Å². The second-order valence-electron chi connectivity index (χ2n) is 7.55. The number of benzene rings is 2. The minimum Gasteiger partial charge on any atom is -0.382 e. The summed E-state index contributed by atoms with van der Waals surface area (Å²) in [6.07, 6.45) is 0. The Morgan fingerprint density at radius 3 is 2.46 bits per heavy atom. The smallest absolute Gasteiger partial charge is 0.185 e. The van der Waals surface area contributed by atoms with Crippen molar-refractivity contribution in [2.24, 2.45) is 0 Å². The van der Waals surface area contributed by atoms with E-state index >= 15 is 0 Å². The van der Waals surface area contributed by atoms with Crippen LogP contribution in [0.25, 0.3) is 22.0 Å². The third kappa shape index (κ3) is 3.78. The van der Waals surface area contributed by atoms with E-state index in [0.717, 1.165) is 6.04 Å². The third-order valence-electron chi connectivity index (χ3n) is 4.24. The minimum atomic E-state index is -1.22. The van der Waals surface area contributed by atoms with Crippen LogP contribution in [0.4, 0.5) is 14.6 Å². The molecule has 7 heteroatoms. The fraction of sp³-hybridized carbons (Fsp3) is 0.316. The van der Waals surface area contributed by atoms with E-state index in [9.17, 15) is 8.78 Å². The highest BCUT2D eigenvalue weighted by Crippen LogP contribution is 2.33. The maximum absolute atomic E-state index is 14.8. The van der Waals surface area contributed by atoms with Crippen molar-refractivity contribution in [2.45, 2.75) is 32.4 Å². The Morgan fingerprint density at radius 2 is 1.81 bits per heavy atom. The highest BCUT2D eigenvalue weighted by Gasteiger charge is 2.21. The van der Waals surface area contributed by atoms with E-state index in [1.165, 1.54) is 4.68 Å². The summed E-state index contributed by atoms with van der Waals surface area (Å²) in [4.78, 5) is 0. The lowest BCUT2D eigenvalue weighted by Crippen LogP contribution is -2.22. The van der Waals surface area contributed by atoms with Gasteiger partial charge in [-0.05, 0) is 17.7 Å². The molecule has 0 unspecified atom stereocenters. The first-order valence-corrected chi connectivity index (χ1v) is 12.3. The zero-order valence-corrected chi connectivity index (χ0v) is 16.2. The van der Waals surface area contributed by atoms with E-state index < -0.39 is 19.7 Å². The topological polar surface area (TPSA) is 53.1 Å². The number of aromatic nitrogens is 2. The van der Waals surface area contributed by atoms with Crippen LogP contribution >= 0.6 is 0 Å². The quantitative estimate of drug-likeness (QED) is 0.494. The molecule has 1 aromatic heterocycles. The average Bonchev–Trinajstić information content (AvgIpc) is 2.91. The van der Waals surface area contributed by atoms with E-state index in [-0.39, 0.29) is 23.6 Å². The molecule has 0 aliphatic carbocycles. The zero-order valence-electron chi connectivity index (χ0n) is 15.2. The van der Waals surface area contributed by atoms with Crippen molar-refractivity contribution in [3.8, 4) is 11.1 Å². The predicted octanol–water partition coefficient (Wildman–Crippen LogP) is 4.88. The number of nitrogen functional groups attached to an aromatic ring is 1. The van der Waals surface area contributed by atoms with Crippen molar-refractivity contribution in [2.75, 3.05) is 12.3 Å². The molecule has 0 amide bonds. The number of nitrogens with two attached hydrogens (primary N) is 1. The van der Waals surface area contributed by atoms with Gasteiger partial charge in [-0.3, -0.25) is 0 Å². The molecular weight excluding hydrogens is 352 g/mol. The molecule has 0 bridgehead atoms. The molecule has 2 N–H and O–H groups in total. The van der Waals surface area contributed by atoms with E-state index in [2.05, 4.69) is 24.7 Å². The Kier molecular flexibility index (Phi) is 5.11. The molecule has 2 aromatic carbocycles. The monoisotopic (exact) mass is 375 g/mol. The van der Waals surface area contributed by atoms with Gasteiger partial charge < -0.3 is 10.5 Å². The summed E-state index contributed by atoms with van der Waals surface area (Å²) >= 11 is 0. The van der Waals surface area contributed by atoms with Crippen LogP contribution in [0.2, 0.25) is 25.7 Å². The summed E-state index contributed by atoms with van der Waals surface area (Å²) in [6.45, 7) is 7.34. The van der Waals surface area contributed by atoms with Crippen molar-refractivity contribution in [3.63, 3.8) is 0 Å². The number of rotatable bonds is 6. The molecule has 0 aliphatic heterocycles. The van der Waals surface area contributed by atoms with Gasteiger partial charge in [0.15, 0.2) is 17.5 Å². The van der Waals surface area contributed by atoms with Gasteiger partial charge in [0.2, 0.25) is 0 Å². The second-order valence-corrected chi connectivity index (χ2v) is 13.2. The zero-order chi connectivity index (χ0) is 18.9. The van der Waals surface area contributed by atoms with Crippen molar-refractivity contribution in [3.05, 3.63) is 48.0 Å². The van der Waals surface area contributed by atoms with Crippen LogP contribution in [0, 0.1) is 11.6 Å². The number of hydrogen-bond donors (Lipinski definition) is 1. The first kappa shape index (κ1) is 18.5. The lowest BCUT2D eigenvalue weighted by Gasteiger charge is -2.15. The normalized spacial score (nSPS) is 12.0. The molecule has 0 saturated heterocycles. The van der Waals surface area contributed by atoms with Gasteiger partial charge in [-0.1, -0.05) is 50.0 Å². The molecule has 0 atom stereocenters. The van der Waals surface area contributed by atoms with Crippen LogP contribution in [0.15, 0.2) is 36.4 Å². The summed E-state index contributed by atoms with van der Waals surface area (Å²) < 4.78 is 36.3. The van der Waals surface area contributed by atoms with Gasteiger partial charge >= 0.3 is 0 Å².